The minimum Gasteiger partial charge on any atom is -0.494 e. The van der Waals surface area contributed by atoms with E-state index in [4.69, 9.17) is 17.0 Å². The van der Waals surface area contributed by atoms with Gasteiger partial charge in [0.15, 0.2) is 4.77 Å². The number of imidazole rings is 1. The molecule has 1 aliphatic heterocycles. The van der Waals surface area contributed by atoms with Gasteiger partial charge in [0.05, 0.1) is 30.4 Å². The SMILES string of the molecule is CCOc1ccc(-n2c(=S)n(CN3CCC[C@H](O)C3)c3ccccc32)cc1. The van der Waals surface area contributed by atoms with E-state index in [2.05, 4.69) is 26.2 Å². The first kappa shape index (κ1) is 18.2. The first-order valence-corrected chi connectivity index (χ1v) is 9.92. The molecule has 4 rings (SSSR count). The largest absolute Gasteiger partial charge is 0.494 e. The highest BCUT2D eigenvalue weighted by atomic mass is 32.1. The van der Waals surface area contributed by atoms with Crippen LogP contribution in [0.2, 0.25) is 0 Å². The van der Waals surface area contributed by atoms with Crippen LogP contribution in [0.1, 0.15) is 19.8 Å². The maximum atomic E-state index is 10.00. The van der Waals surface area contributed by atoms with E-state index in [1.165, 1.54) is 0 Å². The lowest BCUT2D eigenvalue weighted by Crippen LogP contribution is -2.39. The maximum absolute atomic E-state index is 10.00. The molecular formula is C21H25N3O2S. The fraction of sp³-hybridized carbons (Fsp3) is 0.381. The van der Waals surface area contributed by atoms with E-state index in [1.807, 2.05) is 43.3 Å². The molecule has 0 saturated carbocycles. The van der Waals surface area contributed by atoms with Gasteiger partial charge < -0.3 is 14.4 Å². The monoisotopic (exact) mass is 383 g/mol. The van der Waals surface area contributed by atoms with Gasteiger partial charge in [0.1, 0.15) is 5.75 Å². The van der Waals surface area contributed by atoms with Crippen molar-refractivity contribution in [3.05, 3.63) is 53.3 Å². The lowest BCUT2D eigenvalue weighted by Gasteiger charge is -2.30. The highest BCUT2D eigenvalue weighted by Gasteiger charge is 2.20. The van der Waals surface area contributed by atoms with Gasteiger partial charge in [-0.25, -0.2) is 0 Å². The summed E-state index contributed by atoms with van der Waals surface area (Å²) in [4.78, 5) is 2.28. The number of aromatic nitrogens is 2. The third-order valence-electron chi connectivity index (χ3n) is 5.06. The van der Waals surface area contributed by atoms with Gasteiger partial charge in [0.2, 0.25) is 0 Å². The number of aliphatic hydroxyl groups is 1. The third-order valence-corrected chi connectivity index (χ3v) is 5.47. The predicted octanol–water partition coefficient (Wildman–Crippen LogP) is 3.97. The van der Waals surface area contributed by atoms with Gasteiger partial charge in [-0.3, -0.25) is 9.47 Å². The van der Waals surface area contributed by atoms with E-state index in [-0.39, 0.29) is 6.10 Å². The topological polar surface area (TPSA) is 42.6 Å². The van der Waals surface area contributed by atoms with Crippen molar-refractivity contribution in [2.75, 3.05) is 19.7 Å². The number of ether oxygens (including phenoxy) is 1. The van der Waals surface area contributed by atoms with Crippen molar-refractivity contribution in [1.82, 2.24) is 14.0 Å². The van der Waals surface area contributed by atoms with Gasteiger partial charge >= 0.3 is 0 Å². The van der Waals surface area contributed by atoms with Crippen LogP contribution in [-0.2, 0) is 6.67 Å². The Bertz CT molecular complexity index is 977. The Morgan fingerprint density at radius 1 is 1.11 bits per heavy atom. The van der Waals surface area contributed by atoms with Crippen LogP contribution < -0.4 is 4.74 Å². The van der Waals surface area contributed by atoms with Gasteiger partial charge in [-0.1, -0.05) is 12.1 Å². The number of piperidine rings is 1. The number of β-amino-alcohol motifs (C(OH)–C–C–N with tert-alkyl or cyclic N) is 1. The lowest BCUT2D eigenvalue weighted by atomic mass is 10.1. The third kappa shape index (κ3) is 3.65. The zero-order chi connectivity index (χ0) is 18.8. The van der Waals surface area contributed by atoms with Crippen LogP contribution in [0.5, 0.6) is 5.75 Å². The van der Waals surface area contributed by atoms with Crippen LogP contribution in [0.4, 0.5) is 0 Å². The fourth-order valence-electron chi connectivity index (χ4n) is 3.81. The van der Waals surface area contributed by atoms with Crippen molar-refractivity contribution in [2.45, 2.75) is 32.5 Å². The molecule has 6 heteroatoms. The normalized spacial score (nSPS) is 18.1. The van der Waals surface area contributed by atoms with Gasteiger partial charge in [0.25, 0.3) is 0 Å². The van der Waals surface area contributed by atoms with Crippen LogP contribution in [0.15, 0.2) is 48.5 Å². The second-order valence-corrected chi connectivity index (χ2v) is 7.34. The quantitative estimate of drug-likeness (QED) is 0.677. The Morgan fingerprint density at radius 3 is 2.56 bits per heavy atom. The van der Waals surface area contributed by atoms with Crippen LogP contribution in [0.25, 0.3) is 16.7 Å². The van der Waals surface area contributed by atoms with Crippen LogP contribution >= 0.6 is 12.2 Å². The summed E-state index contributed by atoms with van der Waals surface area (Å²) in [5.74, 6) is 0.860. The van der Waals surface area contributed by atoms with Gasteiger partial charge in [-0.15, -0.1) is 0 Å². The second kappa shape index (κ2) is 7.84. The molecule has 1 aliphatic rings. The van der Waals surface area contributed by atoms with Crippen LogP contribution in [0, 0.1) is 4.77 Å². The highest BCUT2D eigenvalue weighted by Crippen LogP contribution is 2.25. The fourth-order valence-corrected chi connectivity index (χ4v) is 4.17. The average molecular weight is 384 g/mol. The summed E-state index contributed by atoms with van der Waals surface area (Å²) in [5, 5.41) is 10.00. The number of nitrogens with zero attached hydrogens (tertiary/aromatic N) is 3. The van der Waals surface area contributed by atoms with E-state index in [0.717, 1.165) is 46.6 Å². The van der Waals surface area contributed by atoms with Crippen molar-refractivity contribution in [1.29, 1.82) is 0 Å². The molecule has 2 heterocycles. The Hall–Kier alpha value is -2.15. The molecule has 0 bridgehead atoms. The van der Waals surface area contributed by atoms with Gasteiger partial charge in [-0.05, 0) is 68.4 Å². The number of aliphatic hydroxyl groups excluding tert-OH is 1. The van der Waals surface area contributed by atoms with Crippen molar-refractivity contribution in [3.8, 4) is 11.4 Å². The first-order valence-electron chi connectivity index (χ1n) is 9.51. The predicted molar refractivity (Wildman–Crippen MR) is 110 cm³/mol. The molecule has 142 valence electrons. The lowest BCUT2D eigenvalue weighted by molar-refractivity contribution is 0.0548. The highest BCUT2D eigenvalue weighted by molar-refractivity contribution is 7.71. The Balaban J connectivity index is 1.75. The van der Waals surface area contributed by atoms with E-state index in [9.17, 15) is 5.11 Å². The molecule has 0 aliphatic carbocycles. The van der Waals surface area contributed by atoms with E-state index in [0.29, 0.717) is 19.8 Å². The molecule has 1 atom stereocenters. The number of benzene rings is 2. The van der Waals surface area contributed by atoms with E-state index >= 15 is 0 Å². The van der Waals surface area contributed by atoms with E-state index in [1.54, 1.807) is 0 Å². The average Bonchev–Trinajstić information content (AvgIpc) is 2.95. The molecule has 1 N–H and O–H groups in total. The molecule has 5 nitrogen and oxygen atoms in total. The smallest absolute Gasteiger partial charge is 0.186 e. The molecule has 27 heavy (non-hydrogen) atoms. The molecular weight excluding hydrogens is 358 g/mol. The van der Waals surface area contributed by atoms with Gasteiger partial charge in [-0.2, -0.15) is 0 Å². The Labute approximate surface area is 164 Å². The minimum absolute atomic E-state index is 0.243. The van der Waals surface area contributed by atoms with Crippen molar-refractivity contribution in [3.63, 3.8) is 0 Å². The van der Waals surface area contributed by atoms with Gasteiger partial charge in [0, 0.05) is 18.8 Å². The molecule has 1 saturated heterocycles. The summed E-state index contributed by atoms with van der Waals surface area (Å²) >= 11 is 5.86. The summed E-state index contributed by atoms with van der Waals surface area (Å²) in [6, 6.07) is 16.3. The maximum Gasteiger partial charge on any atom is 0.186 e. The number of hydrogen-bond donors (Lipinski definition) is 1. The molecule has 0 amide bonds. The summed E-state index contributed by atoms with van der Waals surface area (Å²) in [7, 11) is 0. The number of hydrogen-bond acceptors (Lipinski definition) is 4. The number of fused-ring (bicyclic) bond motifs is 1. The molecule has 1 fully saturated rings. The molecule has 0 unspecified atom stereocenters. The van der Waals surface area contributed by atoms with Crippen LogP contribution in [-0.4, -0.2) is 44.9 Å². The van der Waals surface area contributed by atoms with Crippen molar-refractivity contribution >= 4 is 23.3 Å². The first-order chi connectivity index (χ1) is 13.2. The summed E-state index contributed by atoms with van der Waals surface area (Å²) in [6.07, 6.45) is 1.66. The van der Waals surface area contributed by atoms with Crippen LogP contribution in [0.3, 0.4) is 0 Å². The van der Waals surface area contributed by atoms with Crippen molar-refractivity contribution < 1.29 is 9.84 Å². The second-order valence-electron chi connectivity index (χ2n) is 6.98. The molecule has 0 radical (unpaired) electrons. The zero-order valence-corrected chi connectivity index (χ0v) is 16.4. The number of likely N-dealkylation sites (tertiary alicyclic amines) is 1. The standard InChI is InChI=1S/C21H25N3O2S/c1-2-26-18-11-9-16(10-12-18)24-20-8-4-3-7-19(20)23(21(24)27)15-22-13-5-6-17(25)14-22/h3-4,7-12,17,25H,2,5-6,13-15H2,1H3/t17-/m0/s1. The summed E-state index contributed by atoms with van der Waals surface area (Å²) in [5.41, 5.74) is 3.22. The molecule has 0 spiro atoms. The molecule has 3 aromatic rings. The van der Waals surface area contributed by atoms with Crippen molar-refractivity contribution in [2.24, 2.45) is 0 Å². The Morgan fingerprint density at radius 2 is 1.85 bits per heavy atom. The molecule has 1 aromatic heterocycles. The number of para-hydroxylation sites is 2. The zero-order valence-electron chi connectivity index (χ0n) is 15.5. The van der Waals surface area contributed by atoms with E-state index < -0.39 is 0 Å². The number of rotatable bonds is 5. The Kier molecular flexibility index (Phi) is 5.29. The molecule has 2 aromatic carbocycles. The minimum atomic E-state index is -0.243. The summed E-state index contributed by atoms with van der Waals surface area (Å²) in [6.45, 7) is 5.01. The summed E-state index contributed by atoms with van der Waals surface area (Å²) < 4.78 is 10.6.